The molecule has 0 saturated heterocycles. The second-order valence-corrected chi connectivity index (χ2v) is 11.2. The normalized spacial score (nSPS) is 13.2. The average Bonchev–Trinajstić information content (AvgIpc) is 2.76. The van der Waals surface area contributed by atoms with Crippen molar-refractivity contribution in [3.8, 4) is 0 Å². The van der Waals surface area contributed by atoms with E-state index >= 15 is 0 Å². The molecule has 0 saturated carbocycles. The Balaban J connectivity index is 2.54. The second kappa shape index (κ2) is 12.6. The zero-order valence-corrected chi connectivity index (χ0v) is 23.1. The highest BCUT2D eigenvalue weighted by Gasteiger charge is 2.37. The molecule has 0 aliphatic carbocycles. The first kappa shape index (κ1) is 29.6. The van der Waals surface area contributed by atoms with Crippen molar-refractivity contribution in [3.05, 3.63) is 83.9 Å². The lowest BCUT2D eigenvalue weighted by Crippen LogP contribution is -2.55. The maximum absolute atomic E-state index is 14.1. The Morgan fingerprint density at radius 2 is 1.65 bits per heavy atom. The first-order chi connectivity index (χ1) is 17.2. The molecule has 0 aromatic heterocycles. The van der Waals surface area contributed by atoms with Crippen LogP contribution in [0.5, 0.6) is 0 Å². The summed E-state index contributed by atoms with van der Waals surface area (Å²) >= 11 is 0. The van der Waals surface area contributed by atoms with Crippen LogP contribution in [0.4, 0.5) is 4.79 Å². The van der Waals surface area contributed by atoms with E-state index in [1.807, 2.05) is 82.3 Å². The lowest BCUT2D eigenvalue weighted by molar-refractivity contribution is -0.142. The summed E-state index contributed by atoms with van der Waals surface area (Å²) < 4.78 is 5.45. The number of rotatable bonds is 9. The van der Waals surface area contributed by atoms with E-state index in [2.05, 4.69) is 17.2 Å². The van der Waals surface area contributed by atoms with Gasteiger partial charge >= 0.3 is 6.09 Å². The van der Waals surface area contributed by atoms with Crippen molar-refractivity contribution >= 4 is 17.9 Å². The molecular formula is C30H41N3O4. The molecule has 2 rings (SSSR count). The van der Waals surface area contributed by atoms with Gasteiger partial charge in [-0.2, -0.15) is 0 Å². The third-order valence-electron chi connectivity index (χ3n) is 5.30. The quantitative estimate of drug-likeness (QED) is 0.462. The van der Waals surface area contributed by atoms with Crippen LogP contribution in [0.3, 0.4) is 0 Å². The summed E-state index contributed by atoms with van der Waals surface area (Å²) in [7, 11) is 0. The number of hydrogen-bond donors (Lipinski definition) is 2. The fraction of sp³-hybridized carbons (Fsp3) is 0.433. The fourth-order valence-electron chi connectivity index (χ4n) is 3.91. The van der Waals surface area contributed by atoms with E-state index in [1.165, 1.54) is 4.90 Å². The van der Waals surface area contributed by atoms with Crippen LogP contribution in [0.25, 0.3) is 0 Å². The molecule has 2 aromatic rings. The minimum atomic E-state index is -0.966. The fourth-order valence-corrected chi connectivity index (χ4v) is 3.91. The van der Waals surface area contributed by atoms with E-state index in [0.717, 1.165) is 11.1 Å². The third kappa shape index (κ3) is 9.75. The monoisotopic (exact) mass is 507 g/mol. The second-order valence-electron chi connectivity index (χ2n) is 11.2. The number of benzene rings is 2. The molecule has 7 heteroatoms. The third-order valence-corrected chi connectivity index (χ3v) is 5.30. The number of alkyl carbamates (subject to hydrolysis) is 1. The highest BCUT2D eigenvalue weighted by Crippen LogP contribution is 2.25. The Hall–Kier alpha value is -3.61. The van der Waals surface area contributed by atoms with E-state index in [1.54, 1.807) is 26.8 Å². The van der Waals surface area contributed by atoms with Crippen molar-refractivity contribution in [1.82, 2.24) is 15.5 Å². The lowest BCUT2D eigenvalue weighted by Gasteiger charge is -2.35. The summed E-state index contributed by atoms with van der Waals surface area (Å²) in [6.07, 6.45) is 1.11. The molecule has 0 heterocycles. The molecule has 2 N–H and O–H groups in total. The van der Waals surface area contributed by atoms with Crippen LogP contribution in [0.15, 0.2) is 67.3 Å². The average molecular weight is 508 g/mol. The van der Waals surface area contributed by atoms with Crippen molar-refractivity contribution in [2.75, 3.05) is 6.54 Å². The Kier molecular flexibility index (Phi) is 10.1. The van der Waals surface area contributed by atoms with Gasteiger partial charge < -0.3 is 20.3 Å². The zero-order chi connectivity index (χ0) is 27.8. The van der Waals surface area contributed by atoms with Gasteiger partial charge in [0.15, 0.2) is 0 Å². The van der Waals surface area contributed by atoms with Crippen molar-refractivity contribution in [2.45, 2.75) is 78.1 Å². The van der Waals surface area contributed by atoms with Crippen molar-refractivity contribution in [1.29, 1.82) is 0 Å². The molecular weight excluding hydrogens is 466 g/mol. The predicted octanol–water partition coefficient (Wildman–Crippen LogP) is 5.10. The van der Waals surface area contributed by atoms with Crippen LogP contribution in [0.2, 0.25) is 0 Å². The van der Waals surface area contributed by atoms with Gasteiger partial charge in [0, 0.05) is 18.5 Å². The topological polar surface area (TPSA) is 87.7 Å². The molecule has 3 amide bonds. The predicted molar refractivity (Wildman–Crippen MR) is 147 cm³/mol. The van der Waals surface area contributed by atoms with E-state index in [9.17, 15) is 14.4 Å². The first-order valence-corrected chi connectivity index (χ1v) is 12.5. The number of amides is 3. The van der Waals surface area contributed by atoms with Gasteiger partial charge in [0.05, 0.1) is 0 Å². The highest BCUT2D eigenvalue weighted by atomic mass is 16.6. The molecule has 0 radical (unpaired) electrons. The van der Waals surface area contributed by atoms with Crippen LogP contribution in [-0.4, -0.2) is 46.5 Å². The highest BCUT2D eigenvalue weighted by molar-refractivity contribution is 5.92. The van der Waals surface area contributed by atoms with E-state index < -0.39 is 35.2 Å². The summed E-state index contributed by atoms with van der Waals surface area (Å²) in [6.45, 7) is 16.8. The van der Waals surface area contributed by atoms with Crippen molar-refractivity contribution < 1.29 is 19.1 Å². The molecule has 37 heavy (non-hydrogen) atoms. The molecule has 0 fully saturated rings. The summed E-state index contributed by atoms with van der Waals surface area (Å²) in [5, 5.41) is 5.76. The number of carbonyl (C=O) groups is 3. The first-order valence-electron chi connectivity index (χ1n) is 12.5. The Bertz CT molecular complexity index is 1080. The lowest BCUT2D eigenvalue weighted by atomic mass is 9.98. The molecule has 2 aromatic carbocycles. The van der Waals surface area contributed by atoms with Crippen LogP contribution >= 0.6 is 0 Å². The van der Waals surface area contributed by atoms with E-state index in [0.29, 0.717) is 5.56 Å². The molecule has 0 aliphatic rings. The van der Waals surface area contributed by atoms with Gasteiger partial charge in [-0.15, -0.1) is 6.58 Å². The summed E-state index contributed by atoms with van der Waals surface area (Å²) in [4.78, 5) is 42.0. The summed E-state index contributed by atoms with van der Waals surface area (Å²) in [5.74, 6) is -0.728. The van der Waals surface area contributed by atoms with Gasteiger partial charge in [0.2, 0.25) is 11.8 Å². The van der Waals surface area contributed by atoms with Crippen LogP contribution in [-0.2, 0) is 20.7 Å². The van der Waals surface area contributed by atoms with Crippen molar-refractivity contribution in [2.24, 2.45) is 0 Å². The number of carbonyl (C=O) groups excluding carboxylic acids is 3. The molecule has 0 spiro atoms. The molecule has 2 unspecified atom stereocenters. The maximum atomic E-state index is 14.1. The van der Waals surface area contributed by atoms with Gasteiger partial charge in [-0.1, -0.05) is 66.2 Å². The Morgan fingerprint density at radius 3 is 2.19 bits per heavy atom. The Morgan fingerprint density at radius 1 is 1.00 bits per heavy atom. The molecule has 0 aliphatic heterocycles. The number of nitrogens with one attached hydrogen (secondary N) is 2. The number of nitrogens with zero attached hydrogens (tertiary/aromatic N) is 1. The van der Waals surface area contributed by atoms with E-state index in [4.69, 9.17) is 4.74 Å². The minimum absolute atomic E-state index is 0.107. The smallest absolute Gasteiger partial charge is 0.408 e. The molecule has 7 nitrogen and oxygen atoms in total. The largest absolute Gasteiger partial charge is 0.444 e. The van der Waals surface area contributed by atoms with E-state index in [-0.39, 0.29) is 18.9 Å². The Labute approximate surface area is 221 Å². The maximum Gasteiger partial charge on any atom is 0.408 e. The van der Waals surface area contributed by atoms with Gasteiger partial charge in [0.1, 0.15) is 17.7 Å². The molecule has 200 valence electrons. The van der Waals surface area contributed by atoms with Gasteiger partial charge in [-0.3, -0.25) is 9.59 Å². The molecule has 0 bridgehead atoms. The van der Waals surface area contributed by atoms with Crippen LogP contribution < -0.4 is 10.6 Å². The SMILES string of the molecule is C=CCN(C(=O)C(Cc1ccccc1)NC(=O)OC(C)(C)C)C(C(=O)NC(C)(C)C)c1cccc(C)c1. The number of ether oxygens (including phenoxy) is 1. The van der Waals surface area contributed by atoms with Gasteiger partial charge in [-0.05, 0) is 59.6 Å². The van der Waals surface area contributed by atoms with Crippen LogP contribution in [0, 0.1) is 6.92 Å². The minimum Gasteiger partial charge on any atom is -0.444 e. The molecule has 2 atom stereocenters. The summed E-state index contributed by atoms with van der Waals surface area (Å²) in [5.41, 5.74) is 1.25. The zero-order valence-electron chi connectivity index (χ0n) is 23.1. The van der Waals surface area contributed by atoms with Gasteiger partial charge in [-0.25, -0.2) is 4.79 Å². The number of hydrogen-bond acceptors (Lipinski definition) is 4. The van der Waals surface area contributed by atoms with Gasteiger partial charge in [0.25, 0.3) is 0 Å². The van der Waals surface area contributed by atoms with Crippen molar-refractivity contribution in [3.63, 3.8) is 0 Å². The standard InChI is InChI=1S/C30H41N3O4/c1-9-18-33(25(26(34)32-29(3,4)5)23-17-13-14-21(2)19-23)27(35)24(20-22-15-11-10-12-16-22)31-28(36)37-30(6,7)8/h9-17,19,24-25H,1,18,20H2,2-8H3,(H,31,36)(H,32,34). The van der Waals surface area contributed by atoms with Crippen LogP contribution in [0.1, 0.15) is 64.3 Å². The summed E-state index contributed by atoms with van der Waals surface area (Å²) in [6, 6.07) is 15.0. The number of aryl methyl sites for hydroxylation is 1.